The van der Waals surface area contributed by atoms with Crippen LogP contribution in [0.4, 0.5) is 17.6 Å². The number of allylic oxidation sites excluding steroid dienone is 1. The molecular formula is C19H17F4NO6S2. The van der Waals surface area contributed by atoms with Gasteiger partial charge in [0, 0.05) is 11.6 Å². The fourth-order valence-electron chi connectivity index (χ4n) is 3.81. The number of hydrogen-bond donors (Lipinski definition) is 0. The van der Waals surface area contributed by atoms with Crippen LogP contribution in [-0.4, -0.2) is 47.1 Å². The number of esters is 1. The van der Waals surface area contributed by atoms with Gasteiger partial charge in [-0.15, -0.1) is 0 Å². The van der Waals surface area contributed by atoms with Crippen molar-refractivity contribution in [2.45, 2.75) is 19.0 Å². The maximum Gasteiger partial charge on any atom is 0.419 e. The van der Waals surface area contributed by atoms with Gasteiger partial charge in [-0.25, -0.2) is 21.2 Å². The molecule has 2 atom stereocenters. The summed E-state index contributed by atoms with van der Waals surface area (Å²) in [6.07, 6.45) is -5.10. The summed E-state index contributed by atoms with van der Waals surface area (Å²) in [7, 11) is -7.78. The first-order valence-electron chi connectivity index (χ1n) is 8.96. The van der Waals surface area contributed by atoms with Gasteiger partial charge in [-0.3, -0.25) is 9.79 Å². The lowest BCUT2D eigenvalue weighted by atomic mass is 9.80. The van der Waals surface area contributed by atoms with Crippen molar-refractivity contribution in [3.05, 3.63) is 57.2 Å². The van der Waals surface area contributed by atoms with Gasteiger partial charge in [-0.2, -0.15) is 13.2 Å². The van der Waals surface area contributed by atoms with Crippen LogP contribution >= 0.6 is 0 Å². The monoisotopic (exact) mass is 495 g/mol. The Morgan fingerprint density at radius 3 is 2.34 bits per heavy atom. The summed E-state index contributed by atoms with van der Waals surface area (Å²) in [5.74, 6) is -8.25. The van der Waals surface area contributed by atoms with Crippen molar-refractivity contribution < 1.29 is 43.9 Å². The molecule has 0 N–H and O–H groups in total. The van der Waals surface area contributed by atoms with E-state index in [-0.39, 0.29) is 5.71 Å². The molecule has 2 aliphatic rings. The Morgan fingerprint density at radius 1 is 1.16 bits per heavy atom. The minimum Gasteiger partial charge on any atom is -0.468 e. The van der Waals surface area contributed by atoms with Gasteiger partial charge >= 0.3 is 12.1 Å². The number of carbonyl (C=O) groups is 1. The molecule has 13 heteroatoms. The van der Waals surface area contributed by atoms with Crippen LogP contribution in [0.5, 0.6) is 0 Å². The quantitative estimate of drug-likeness (QED) is 0.461. The molecule has 0 aliphatic carbocycles. The molecule has 1 aromatic carbocycles. The predicted octanol–water partition coefficient (Wildman–Crippen LogP) is 2.76. The number of nitrogens with zero attached hydrogens (tertiary/aromatic N) is 1. The molecule has 0 radical (unpaired) electrons. The Balaban J connectivity index is 2.42. The highest BCUT2D eigenvalue weighted by Crippen LogP contribution is 2.46. The molecule has 0 spiro atoms. The molecule has 0 amide bonds. The fraction of sp³-hybridized carbons (Fsp3) is 0.368. The van der Waals surface area contributed by atoms with Gasteiger partial charge in [0.2, 0.25) is 0 Å². The number of ether oxygens (including phenoxy) is 1. The van der Waals surface area contributed by atoms with Crippen molar-refractivity contribution in [2.75, 3.05) is 18.6 Å². The van der Waals surface area contributed by atoms with E-state index in [2.05, 4.69) is 16.3 Å². The van der Waals surface area contributed by atoms with E-state index in [1.54, 1.807) is 0 Å². The number of carbonyl (C=O) groups excluding carboxylic acids is 1. The van der Waals surface area contributed by atoms with E-state index in [1.165, 1.54) is 6.92 Å². The summed E-state index contributed by atoms with van der Waals surface area (Å²) in [5.41, 5.74) is -3.03. The topological polar surface area (TPSA) is 107 Å². The normalized spacial score (nSPS) is 24.9. The van der Waals surface area contributed by atoms with E-state index in [1.807, 2.05) is 0 Å². The van der Waals surface area contributed by atoms with Gasteiger partial charge in [0.05, 0.1) is 39.7 Å². The number of halogens is 4. The lowest BCUT2D eigenvalue weighted by Gasteiger charge is -2.32. The average Bonchev–Trinajstić information content (AvgIpc) is 2.71. The maximum atomic E-state index is 15.1. The average molecular weight is 495 g/mol. The molecule has 0 bridgehead atoms. The second-order valence-corrected chi connectivity index (χ2v) is 11.4. The molecule has 3 rings (SSSR count). The summed E-state index contributed by atoms with van der Waals surface area (Å²) in [4.78, 5) is 15.1. The zero-order chi connectivity index (χ0) is 24.2. The summed E-state index contributed by atoms with van der Waals surface area (Å²) in [6.45, 7) is 4.53. The fourth-order valence-corrected chi connectivity index (χ4v) is 7.58. The summed E-state index contributed by atoms with van der Waals surface area (Å²) >= 11 is 0. The molecule has 0 aromatic heterocycles. The predicted molar refractivity (Wildman–Crippen MR) is 106 cm³/mol. The van der Waals surface area contributed by atoms with Gasteiger partial charge in [0.1, 0.15) is 11.7 Å². The molecule has 1 aromatic rings. The van der Waals surface area contributed by atoms with Crippen LogP contribution in [0.15, 0.2) is 45.3 Å². The second kappa shape index (κ2) is 7.80. The smallest absolute Gasteiger partial charge is 0.419 e. The first kappa shape index (κ1) is 24.1. The summed E-state index contributed by atoms with van der Waals surface area (Å²) in [6, 6.07) is 2.26. The van der Waals surface area contributed by atoms with Crippen molar-refractivity contribution in [2.24, 2.45) is 10.9 Å². The Kier molecular flexibility index (Phi) is 5.88. The van der Waals surface area contributed by atoms with E-state index in [0.29, 0.717) is 6.07 Å². The number of methoxy groups -OCH3 is 1. The van der Waals surface area contributed by atoms with Crippen LogP contribution in [0, 0.1) is 11.7 Å². The molecule has 0 saturated carbocycles. The Morgan fingerprint density at radius 2 is 1.78 bits per heavy atom. The first-order valence-corrected chi connectivity index (χ1v) is 12.3. The van der Waals surface area contributed by atoms with E-state index in [4.69, 9.17) is 0 Å². The van der Waals surface area contributed by atoms with E-state index in [0.717, 1.165) is 19.2 Å². The highest BCUT2D eigenvalue weighted by molar-refractivity contribution is 8.00. The van der Waals surface area contributed by atoms with Crippen LogP contribution in [0.3, 0.4) is 0 Å². The Hall–Kier alpha value is -2.54. The van der Waals surface area contributed by atoms with E-state index in [9.17, 15) is 34.8 Å². The third-order valence-corrected chi connectivity index (χ3v) is 8.99. The Labute approximate surface area is 181 Å². The number of rotatable bonds is 2. The zero-order valence-corrected chi connectivity index (χ0v) is 18.4. The number of alkyl halides is 3. The van der Waals surface area contributed by atoms with Crippen LogP contribution < -0.4 is 0 Å². The summed E-state index contributed by atoms with van der Waals surface area (Å²) in [5, 5.41) is 0. The molecule has 0 fully saturated rings. The highest BCUT2D eigenvalue weighted by Gasteiger charge is 2.49. The largest absolute Gasteiger partial charge is 0.468 e. The minimum absolute atomic E-state index is 0.129. The molecule has 174 valence electrons. The standard InChI is InChI=1S/C19H17F4NO6S2/c1-9-7-32(28,29)17-13(8-31(9,26)27)24-10(2)14(18(25)30-3)15(17)11-5-4-6-12(16(11)20)19(21,22)23/h4-6,14-15H,1,7-8H2,2-3H3. The number of aliphatic imine (C=N–C) groups is 1. The van der Waals surface area contributed by atoms with Gasteiger partial charge in [0.25, 0.3) is 0 Å². The zero-order valence-electron chi connectivity index (χ0n) is 16.7. The van der Waals surface area contributed by atoms with Crippen LogP contribution in [-0.2, 0) is 35.4 Å². The molecular weight excluding hydrogens is 478 g/mol. The SMILES string of the molecule is C=C1CS(=O)(=O)C2=C(CS1(=O)=O)N=C(C)C(C(=O)OC)C2c1cccc(C(F)(F)F)c1F. The van der Waals surface area contributed by atoms with Crippen LogP contribution in [0.1, 0.15) is 24.0 Å². The van der Waals surface area contributed by atoms with Gasteiger partial charge < -0.3 is 4.74 Å². The lowest BCUT2D eigenvalue weighted by Crippen LogP contribution is -2.37. The van der Waals surface area contributed by atoms with Crippen LogP contribution in [0.2, 0.25) is 0 Å². The minimum atomic E-state index is -5.10. The van der Waals surface area contributed by atoms with Crippen molar-refractivity contribution in [3.63, 3.8) is 0 Å². The molecule has 2 unspecified atom stereocenters. The summed E-state index contributed by atoms with van der Waals surface area (Å²) < 4.78 is 111. The van der Waals surface area contributed by atoms with Gasteiger partial charge in [-0.1, -0.05) is 18.7 Å². The number of hydrogen-bond acceptors (Lipinski definition) is 7. The van der Waals surface area contributed by atoms with Gasteiger partial charge in [0.15, 0.2) is 19.7 Å². The second-order valence-electron chi connectivity index (χ2n) is 7.31. The third kappa shape index (κ3) is 3.98. The first-order chi connectivity index (χ1) is 14.6. The van der Waals surface area contributed by atoms with Gasteiger partial charge in [-0.05, 0) is 18.6 Å². The molecule has 2 heterocycles. The van der Waals surface area contributed by atoms with E-state index >= 15 is 4.39 Å². The molecule has 0 saturated heterocycles. The van der Waals surface area contributed by atoms with Crippen molar-refractivity contribution in [3.8, 4) is 0 Å². The van der Waals surface area contributed by atoms with Crippen LogP contribution in [0.25, 0.3) is 0 Å². The van der Waals surface area contributed by atoms with Crippen molar-refractivity contribution >= 4 is 31.4 Å². The van der Waals surface area contributed by atoms with E-state index < -0.39 is 87.6 Å². The molecule has 32 heavy (non-hydrogen) atoms. The number of benzene rings is 1. The third-order valence-electron chi connectivity index (χ3n) is 5.24. The number of sulfone groups is 2. The van der Waals surface area contributed by atoms with Crippen molar-refractivity contribution in [1.82, 2.24) is 0 Å². The highest BCUT2D eigenvalue weighted by atomic mass is 32.2. The lowest BCUT2D eigenvalue weighted by molar-refractivity contribution is -0.143. The Bertz CT molecular complexity index is 1290. The molecule has 7 nitrogen and oxygen atoms in total. The maximum absolute atomic E-state index is 15.1. The van der Waals surface area contributed by atoms with Crippen molar-refractivity contribution in [1.29, 1.82) is 0 Å². The molecule has 2 aliphatic heterocycles.